The molecular weight excluding hydrogens is 411 g/mol. The quantitative estimate of drug-likeness (QED) is 0.348. The monoisotopic (exact) mass is 440 g/mol. The third-order valence-electron chi connectivity index (χ3n) is 5.62. The van der Waals surface area contributed by atoms with Gasteiger partial charge in [-0.15, -0.1) is 0 Å². The number of carbonyl (C=O) groups excluding carboxylic acids is 1. The Labute approximate surface area is 186 Å². The number of azo groups is 1. The summed E-state index contributed by atoms with van der Waals surface area (Å²) in [7, 11) is 3.74. The van der Waals surface area contributed by atoms with E-state index in [4.69, 9.17) is 11.1 Å². The van der Waals surface area contributed by atoms with Crippen molar-refractivity contribution in [3.05, 3.63) is 41.7 Å². The number of nitrogens with zero attached hydrogens (tertiary/aromatic N) is 4. The predicted octanol–water partition coefficient (Wildman–Crippen LogP) is 3.76. The summed E-state index contributed by atoms with van der Waals surface area (Å²) in [6.45, 7) is 0.188. The van der Waals surface area contributed by atoms with E-state index in [1.165, 1.54) is 0 Å². The molecule has 1 aliphatic carbocycles. The molecule has 3 rings (SSSR count). The Balaban J connectivity index is 1.94. The van der Waals surface area contributed by atoms with Crippen LogP contribution in [0, 0.1) is 11.2 Å². The van der Waals surface area contributed by atoms with Crippen molar-refractivity contribution < 1.29 is 9.18 Å². The van der Waals surface area contributed by atoms with E-state index >= 15 is 0 Å². The summed E-state index contributed by atoms with van der Waals surface area (Å²) in [6.07, 6.45) is 5.28. The minimum atomic E-state index is -0.777. The lowest BCUT2D eigenvalue weighted by Crippen LogP contribution is -2.50. The van der Waals surface area contributed by atoms with E-state index in [0.717, 1.165) is 38.0 Å². The van der Waals surface area contributed by atoms with Crippen molar-refractivity contribution in [1.82, 2.24) is 10.3 Å². The lowest BCUT2D eigenvalue weighted by Gasteiger charge is -2.38. The maximum atomic E-state index is 15.0. The SMILES string of the molecule is CNC1CCCCC1N(C)c1nc(Nc2cccc(N=NCC=N)c2)c(C(N)=O)cc1F. The number of nitrogens with one attached hydrogen (secondary N) is 3. The van der Waals surface area contributed by atoms with Gasteiger partial charge >= 0.3 is 0 Å². The average Bonchev–Trinajstić information content (AvgIpc) is 2.80. The topological polar surface area (TPSA) is 132 Å². The molecule has 0 aliphatic heterocycles. The van der Waals surface area contributed by atoms with E-state index in [-0.39, 0.29) is 35.8 Å². The zero-order valence-electron chi connectivity index (χ0n) is 18.3. The third kappa shape index (κ3) is 5.44. The lowest BCUT2D eigenvalue weighted by molar-refractivity contribution is 0.100. The van der Waals surface area contributed by atoms with Crippen molar-refractivity contribution in [3.63, 3.8) is 0 Å². The molecule has 1 aromatic carbocycles. The van der Waals surface area contributed by atoms with Gasteiger partial charge in [-0.05, 0) is 44.2 Å². The number of likely N-dealkylation sites (N-methyl/N-ethyl adjacent to an activating group) is 2. The van der Waals surface area contributed by atoms with Crippen LogP contribution in [0.5, 0.6) is 0 Å². The highest BCUT2D eigenvalue weighted by Crippen LogP contribution is 2.31. The van der Waals surface area contributed by atoms with Crippen molar-refractivity contribution in [2.24, 2.45) is 16.0 Å². The summed E-state index contributed by atoms with van der Waals surface area (Å²) in [6, 6.07) is 8.45. The summed E-state index contributed by atoms with van der Waals surface area (Å²) < 4.78 is 15.0. The van der Waals surface area contributed by atoms with Gasteiger partial charge in [0, 0.05) is 31.0 Å². The summed E-state index contributed by atoms with van der Waals surface area (Å²) >= 11 is 0. The van der Waals surface area contributed by atoms with Crippen LogP contribution in [0.2, 0.25) is 0 Å². The number of primary amides is 1. The minimum Gasteiger partial charge on any atom is -0.365 e. The predicted molar refractivity (Wildman–Crippen MR) is 124 cm³/mol. The molecule has 1 amide bonds. The highest BCUT2D eigenvalue weighted by Gasteiger charge is 2.30. The Kier molecular flexibility index (Phi) is 7.82. The van der Waals surface area contributed by atoms with Crippen molar-refractivity contribution in [1.29, 1.82) is 5.41 Å². The summed E-state index contributed by atoms with van der Waals surface area (Å²) in [5.41, 5.74) is 6.62. The number of hydrogen-bond acceptors (Lipinski definition) is 8. The van der Waals surface area contributed by atoms with Crippen LogP contribution < -0.4 is 21.3 Å². The number of halogens is 1. The molecule has 1 saturated carbocycles. The first-order chi connectivity index (χ1) is 15.4. The van der Waals surface area contributed by atoms with E-state index in [2.05, 4.69) is 25.8 Å². The average molecular weight is 441 g/mol. The molecule has 10 heteroatoms. The lowest BCUT2D eigenvalue weighted by atomic mass is 9.89. The van der Waals surface area contributed by atoms with Gasteiger partial charge in [-0.25, -0.2) is 9.37 Å². The van der Waals surface area contributed by atoms with Gasteiger partial charge in [-0.2, -0.15) is 10.2 Å². The van der Waals surface area contributed by atoms with Gasteiger partial charge in [-0.3, -0.25) is 4.79 Å². The number of rotatable bonds is 9. The molecular formula is C22H29FN8O. The Morgan fingerprint density at radius 3 is 2.88 bits per heavy atom. The molecule has 1 fully saturated rings. The van der Waals surface area contributed by atoms with Gasteiger partial charge in [0.15, 0.2) is 11.6 Å². The molecule has 0 spiro atoms. The Hall–Kier alpha value is -3.40. The second-order valence-electron chi connectivity index (χ2n) is 7.72. The van der Waals surface area contributed by atoms with Gasteiger partial charge in [0.05, 0.1) is 17.8 Å². The summed E-state index contributed by atoms with van der Waals surface area (Å²) in [4.78, 5) is 18.3. The molecule has 0 radical (unpaired) electrons. The normalized spacial score (nSPS) is 18.5. The molecule has 9 nitrogen and oxygen atoms in total. The second-order valence-corrected chi connectivity index (χ2v) is 7.72. The number of pyridine rings is 1. The fraction of sp³-hybridized carbons (Fsp3) is 0.409. The number of benzene rings is 1. The van der Waals surface area contributed by atoms with Crippen molar-refractivity contribution in [2.75, 3.05) is 30.9 Å². The van der Waals surface area contributed by atoms with Crippen molar-refractivity contribution in [3.8, 4) is 0 Å². The van der Waals surface area contributed by atoms with Gasteiger partial charge in [0.25, 0.3) is 5.91 Å². The number of hydrogen-bond donors (Lipinski definition) is 4. The first-order valence-electron chi connectivity index (χ1n) is 10.6. The van der Waals surface area contributed by atoms with Crippen LogP contribution in [-0.2, 0) is 0 Å². The Morgan fingerprint density at radius 2 is 2.16 bits per heavy atom. The molecule has 2 unspecified atom stereocenters. The number of nitrogens with two attached hydrogens (primary N) is 1. The first-order valence-corrected chi connectivity index (χ1v) is 10.6. The van der Waals surface area contributed by atoms with Gasteiger partial charge in [-0.1, -0.05) is 18.9 Å². The molecule has 0 saturated heterocycles. The molecule has 0 bridgehead atoms. The van der Waals surface area contributed by atoms with Crippen LogP contribution in [0.25, 0.3) is 0 Å². The second kappa shape index (κ2) is 10.8. The van der Waals surface area contributed by atoms with Crippen LogP contribution in [0.3, 0.4) is 0 Å². The molecule has 170 valence electrons. The number of carbonyl (C=O) groups is 1. The van der Waals surface area contributed by atoms with Crippen LogP contribution in [0.1, 0.15) is 36.0 Å². The maximum absolute atomic E-state index is 15.0. The largest absolute Gasteiger partial charge is 0.365 e. The Morgan fingerprint density at radius 1 is 1.38 bits per heavy atom. The molecule has 1 aliphatic rings. The molecule has 5 N–H and O–H groups in total. The van der Waals surface area contributed by atoms with Gasteiger partial charge < -0.3 is 26.7 Å². The van der Waals surface area contributed by atoms with Crippen molar-refractivity contribution in [2.45, 2.75) is 37.8 Å². The van der Waals surface area contributed by atoms with E-state index in [1.807, 2.05) is 19.0 Å². The van der Waals surface area contributed by atoms with E-state index < -0.39 is 11.7 Å². The molecule has 1 heterocycles. The van der Waals surface area contributed by atoms with Gasteiger partial charge in [0.2, 0.25) is 0 Å². The number of amides is 1. The summed E-state index contributed by atoms with van der Waals surface area (Å²) in [5.74, 6) is -1.04. The van der Waals surface area contributed by atoms with E-state index in [9.17, 15) is 9.18 Å². The van der Waals surface area contributed by atoms with Crippen LogP contribution in [0.15, 0.2) is 40.6 Å². The number of anilines is 3. The zero-order valence-corrected chi connectivity index (χ0v) is 18.3. The zero-order chi connectivity index (χ0) is 23.1. The van der Waals surface area contributed by atoms with E-state index in [0.29, 0.717) is 11.4 Å². The molecule has 2 atom stereocenters. The molecule has 1 aromatic heterocycles. The Bertz CT molecular complexity index is 996. The fourth-order valence-electron chi connectivity index (χ4n) is 4.02. The highest BCUT2D eigenvalue weighted by atomic mass is 19.1. The fourth-order valence-corrected chi connectivity index (χ4v) is 4.02. The highest BCUT2D eigenvalue weighted by molar-refractivity contribution is 5.98. The van der Waals surface area contributed by atoms with E-state index in [1.54, 1.807) is 24.3 Å². The smallest absolute Gasteiger partial charge is 0.252 e. The van der Waals surface area contributed by atoms with Crippen LogP contribution in [0.4, 0.5) is 27.4 Å². The number of aromatic nitrogens is 1. The molecule has 2 aromatic rings. The van der Waals surface area contributed by atoms with Crippen molar-refractivity contribution >= 4 is 35.1 Å². The van der Waals surface area contributed by atoms with Crippen LogP contribution >= 0.6 is 0 Å². The van der Waals surface area contributed by atoms with Crippen LogP contribution in [-0.4, -0.2) is 49.8 Å². The standard InChI is InChI=1S/C22H29FN8O/c1-26-18-8-3-4-9-19(18)31(2)22-17(23)13-16(20(25)32)21(29-22)28-14-6-5-7-15(12-14)30-27-11-10-24/h5-7,10,12-13,18-19,24,26H,3-4,8-9,11H2,1-2H3,(H2,25,32)(H,28,29). The van der Waals surface area contributed by atoms with Gasteiger partial charge in [0.1, 0.15) is 5.82 Å². The maximum Gasteiger partial charge on any atom is 0.252 e. The summed E-state index contributed by atoms with van der Waals surface area (Å²) in [5, 5.41) is 21.3. The first kappa shape index (κ1) is 23.3. The third-order valence-corrected chi connectivity index (χ3v) is 5.62. The molecule has 32 heavy (non-hydrogen) atoms. The minimum absolute atomic E-state index is 0.0377.